The highest BCUT2D eigenvalue weighted by molar-refractivity contribution is 5.99. The Labute approximate surface area is 270 Å². The molecule has 2 N–H and O–H groups in total. The van der Waals surface area contributed by atoms with Crippen LogP contribution in [0.2, 0.25) is 0 Å². The average molecular weight is 638 g/mol. The largest absolute Gasteiger partial charge is 0.455 e. The quantitative estimate of drug-likeness (QED) is 0.215. The maximum absolute atomic E-state index is 14.5. The minimum absolute atomic E-state index is 0.0311. The van der Waals surface area contributed by atoms with Gasteiger partial charge in [0.1, 0.15) is 23.7 Å². The summed E-state index contributed by atoms with van der Waals surface area (Å²) in [6.07, 6.45) is 9.88. The van der Waals surface area contributed by atoms with E-state index in [4.69, 9.17) is 14.2 Å². The first-order chi connectivity index (χ1) is 22.4. The molecule has 11 heteroatoms. The first-order valence-corrected chi connectivity index (χ1v) is 16.6. The molecule has 0 bridgehead atoms. The number of nitrogens with one attached hydrogen (secondary N) is 1. The van der Waals surface area contributed by atoms with Gasteiger partial charge < -0.3 is 34.4 Å². The molecule has 2 fully saturated rings. The number of carbonyl (C=O) groups excluding carboxylic acids is 4. The van der Waals surface area contributed by atoms with Crippen molar-refractivity contribution < 1.29 is 38.5 Å². The number of methoxy groups -OCH3 is 1. The van der Waals surface area contributed by atoms with Gasteiger partial charge in [-0.05, 0) is 31.2 Å². The zero-order valence-corrected chi connectivity index (χ0v) is 26.8. The monoisotopic (exact) mass is 637 g/mol. The van der Waals surface area contributed by atoms with Crippen molar-refractivity contribution in [3.8, 4) is 0 Å². The van der Waals surface area contributed by atoms with Gasteiger partial charge in [-0.15, -0.1) is 0 Å². The van der Waals surface area contributed by atoms with Crippen molar-refractivity contribution in [2.24, 2.45) is 11.8 Å². The Bertz CT molecular complexity index is 1300. The normalized spacial score (nSPS) is 32.1. The predicted molar refractivity (Wildman–Crippen MR) is 169 cm³/mol. The molecule has 1 aromatic rings. The fourth-order valence-corrected chi connectivity index (χ4v) is 7.32. The second-order valence-electron chi connectivity index (χ2n) is 12.6. The van der Waals surface area contributed by atoms with Gasteiger partial charge in [0, 0.05) is 39.8 Å². The van der Waals surface area contributed by atoms with Gasteiger partial charge in [-0.25, -0.2) is 0 Å². The molecule has 7 atom stereocenters. The van der Waals surface area contributed by atoms with E-state index < -0.39 is 47.7 Å². The first-order valence-electron chi connectivity index (χ1n) is 16.6. The molecule has 5 rings (SSSR count). The molecule has 2 saturated heterocycles. The van der Waals surface area contributed by atoms with Crippen LogP contribution in [-0.2, 0) is 33.4 Å². The molecule has 0 radical (unpaired) electrons. The third-order valence-corrected chi connectivity index (χ3v) is 9.48. The van der Waals surface area contributed by atoms with Crippen molar-refractivity contribution in [1.82, 2.24) is 15.1 Å². The van der Waals surface area contributed by atoms with Crippen LogP contribution in [-0.4, -0.2) is 102 Å². The van der Waals surface area contributed by atoms with Crippen LogP contribution < -0.4 is 5.32 Å². The number of unbranched alkanes of at least 4 members (excludes halogenated alkanes) is 3. The summed E-state index contributed by atoms with van der Waals surface area (Å²) in [7, 11) is 1.52. The van der Waals surface area contributed by atoms with E-state index in [1.807, 2.05) is 42.5 Å². The van der Waals surface area contributed by atoms with Gasteiger partial charge in [0.15, 0.2) is 0 Å². The van der Waals surface area contributed by atoms with Crippen LogP contribution in [0.25, 0.3) is 0 Å². The maximum Gasteiger partial charge on any atom is 0.313 e. The number of carbonyl (C=O) groups is 4. The zero-order valence-electron chi connectivity index (χ0n) is 26.8. The lowest BCUT2D eigenvalue weighted by Gasteiger charge is -2.35. The number of aliphatic hydroxyl groups is 1. The minimum atomic E-state index is -1.38. The van der Waals surface area contributed by atoms with Crippen molar-refractivity contribution in [3.63, 3.8) is 0 Å². The molecular weight excluding hydrogens is 590 g/mol. The number of fused-ring (bicyclic) bond motifs is 2. The summed E-state index contributed by atoms with van der Waals surface area (Å²) in [6, 6.07) is 7.51. The average Bonchev–Trinajstić information content (AvgIpc) is 3.43. The van der Waals surface area contributed by atoms with E-state index in [0.717, 1.165) is 19.3 Å². The number of allylic oxidation sites excluding steroid dienone is 1. The third-order valence-electron chi connectivity index (χ3n) is 9.48. The zero-order chi connectivity index (χ0) is 32.7. The lowest BCUT2D eigenvalue weighted by Crippen LogP contribution is -2.55. The highest BCUT2D eigenvalue weighted by atomic mass is 16.6. The van der Waals surface area contributed by atoms with E-state index in [2.05, 4.69) is 12.2 Å². The Hall–Kier alpha value is -3.54. The molecule has 4 aliphatic rings. The fourth-order valence-electron chi connectivity index (χ4n) is 7.32. The molecule has 1 spiro atoms. The second-order valence-corrected chi connectivity index (χ2v) is 12.6. The molecule has 250 valence electrons. The SMILES string of the molecule is CCCCCN1CC=C[C@@]23O[C@H]4/C=C\CCC(=O)N[C@@H](COC)[C@H](c5ccccc5)OC(=O)[C@H]4[C@@H]2C(=O)N(CCCCO)[C@H]3C1=O. The van der Waals surface area contributed by atoms with Crippen LogP contribution in [0.15, 0.2) is 54.6 Å². The van der Waals surface area contributed by atoms with Crippen LogP contribution in [0.5, 0.6) is 0 Å². The van der Waals surface area contributed by atoms with Crippen LogP contribution >= 0.6 is 0 Å². The summed E-state index contributed by atoms with van der Waals surface area (Å²) in [5, 5.41) is 12.4. The van der Waals surface area contributed by atoms with Crippen molar-refractivity contribution >= 4 is 23.7 Å². The molecular formula is C35H47N3O8. The number of nitrogens with zero attached hydrogens (tertiary/aromatic N) is 2. The summed E-state index contributed by atoms with van der Waals surface area (Å²) < 4.78 is 18.5. The molecule has 4 aliphatic heterocycles. The number of aliphatic hydroxyl groups excluding tert-OH is 1. The summed E-state index contributed by atoms with van der Waals surface area (Å²) in [6.45, 7) is 3.36. The van der Waals surface area contributed by atoms with E-state index in [9.17, 15) is 24.3 Å². The summed E-state index contributed by atoms with van der Waals surface area (Å²) in [5.74, 6) is -3.43. The second kappa shape index (κ2) is 15.4. The summed E-state index contributed by atoms with van der Waals surface area (Å²) >= 11 is 0. The molecule has 3 amide bonds. The molecule has 11 nitrogen and oxygen atoms in total. The first kappa shape index (κ1) is 33.8. The molecule has 4 heterocycles. The van der Waals surface area contributed by atoms with Crippen LogP contribution in [0.3, 0.4) is 0 Å². The van der Waals surface area contributed by atoms with E-state index in [1.165, 1.54) is 7.11 Å². The number of cyclic esters (lactones) is 1. The number of amides is 3. The lowest BCUT2D eigenvalue weighted by molar-refractivity contribution is -0.162. The third kappa shape index (κ3) is 6.77. The van der Waals surface area contributed by atoms with E-state index in [0.29, 0.717) is 37.9 Å². The summed E-state index contributed by atoms with van der Waals surface area (Å²) in [5.41, 5.74) is -0.710. The number of likely N-dealkylation sites (tertiary alicyclic amines) is 1. The topological polar surface area (TPSA) is 135 Å². The van der Waals surface area contributed by atoms with Gasteiger partial charge in [0.25, 0.3) is 0 Å². The van der Waals surface area contributed by atoms with E-state index >= 15 is 0 Å². The Morgan fingerprint density at radius 3 is 2.54 bits per heavy atom. The van der Waals surface area contributed by atoms with Gasteiger partial charge >= 0.3 is 5.97 Å². The Kier molecular flexibility index (Phi) is 11.3. The number of hydrogen-bond acceptors (Lipinski definition) is 8. The van der Waals surface area contributed by atoms with Gasteiger partial charge in [-0.1, -0.05) is 74.4 Å². The molecule has 0 aliphatic carbocycles. The molecule has 0 unspecified atom stereocenters. The molecule has 0 aromatic heterocycles. The van der Waals surface area contributed by atoms with Gasteiger partial charge in [0.05, 0.1) is 24.7 Å². The van der Waals surface area contributed by atoms with Gasteiger partial charge in [-0.3, -0.25) is 19.2 Å². The van der Waals surface area contributed by atoms with Crippen molar-refractivity contribution in [1.29, 1.82) is 0 Å². The number of esters is 1. The Morgan fingerprint density at radius 1 is 1.02 bits per heavy atom. The molecule has 1 aromatic carbocycles. The Morgan fingerprint density at radius 2 is 1.80 bits per heavy atom. The highest BCUT2D eigenvalue weighted by Gasteiger charge is 2.71. The van der Waals surface area contributed by atoms with Crippen molar-refractivity contribution in [3.05, 3.63) is 60.2 Å². The maximum atomic E-state index is 14.5. The van der Waals surface area contributed by atoms with Crippen molar-refractivity contribution in [2.45, 2.75) is 81.8 Å². The van der Waals surface area contributed by atoms with Crippen LogP contribution in [0.1, 0.15) is 63.5 Å². The van der Waals surface area contributed by atoms with Gasteiger partial charge in [0.2, 0.25) is 17.7 Å². The number of hydrogen-bond donors (Lipinski definition) is 2. The fraction of sp³-hybridized carbons (Fsp3) is 0.600. The van der Waals surface area contributed by atoms with Gasteiger partial charge in [-0.2, -0.15) is 0 Å². The Balaban J connectivity index is 1.56. The lowest BCUT2D eigenvalue weighted by atomic mass is 9.77. The number of ether oxygens (including phenoxy) is 3. The van der Waals surface area contributed by atoms with Crippen molar-refractivity contribution in [2.75, 3.05) is 40.0 Å². The van der Waals surface area contributed by atoms with Crippen LogP contribution in [0.4, 0.5) is 0 Å². The van der Waals surface area contributed by atoms with E-state index in [1.54, 1.807) is 22.0 Å². The molecule has 46 heavy (non-hydrogen) atoms. The standard InChI is InChI=1S/C35H47N3O8/c1-3-4-10-19-37-20-13-18-35-29(32(41)38(21-11-12-22-39)31(35)33(37)42)28-26(46-35)16-8-9-17-27(40)36-25(23-44-2)30(45-34(28)43)24-14-6-5-7-15-24/h5-8,13-16,18,25-26,28-31,39H,3-4,9-12,17,19-23H2,1-2H3,(H,36,40)/b16-8-/t25-,26-,28+,29+,30-,31-,35+/m0/s1. The highest BCUT2D eigenvalue weighted by Crippen LogP contribution is 2.53. The van der Waals surface area contributed by atoms with E-state index in [-0.39, 0.29) is 43.9 Å². The smallest absolute Gasteiger partial charge is 0.313 e. The predicted octanol–water partition coefficient (Wildman–Crippen LogP) is 2.69. The minimum Gasteiger partial charge on any atom is -0.455 e. The molecule has 0 saturated carbocycles. The number of rotatable bonds is 11. The summed E-state index contributed by atoms with van der Waals surface area (Å²) in [4.78, 5) is 59.5. The van der Waals surface area contributed by atoms with Crippen LogP contribution in [0, 0.1) is 11.8 Å². The number of benzene rings is 1.